The van der Waals surface area contributed by atoms with Gasteiger partial charge in [0.1, 0.15) is 0 Å². The molecule has 0 radical (unpaired) electrons. The van der Waals surface area contributed by atoms with Crippen LogP contribution in [-0.2, 0) is 9.47 Å². The van der Waals surface area contributed by atoms with E-state index in [1.807, 2.05) is 7.11 Å². The molecule has 2 aliphatic carbocycles. The lowest BCUT2D eigenvalue weighted by Gasteiger charge is -2.47. The molecule has 0 amide bonds. The number of hydrogen-bond donors (Lipinski definition) is 0. The molecule has 4 heteroatoms. The first-order chi connectivity index (χ1) is 14.2. The zero-order valence-electron chi connectivity index (χ0n) is 19.4. The first-order valence-corrected chi connectivity index (χ1v) is 12.8. The molecule has 2 aliphatic heterocycles. The Morgan fingerprint density at radius 3 is 2.07 bits per heavy atom. The highest BCUT2D eigenvalue weighted by Crippen LogP contribution is 2.36. The smallest absolute Gasteiger partial charge is 0.0625 e. The van der Waals surface area contributed by atoms with Crippen LogP contribution in [0, 0.1) is 11.8 Å². The summed E-state index contributed by atoms with van der Waals surface area (Å²) < 4.78 is 12.2. The van der Waals surface area contributed by atoms with E-state index in [0.29, 0.717) is 18.2 Å². The third kappa shape index (κ3) is 5.37. The van der Waals surface area contributed by atoms with Crippen LogP contribution in [0.3, 0.4) is 0 Å². The Labute approximate surface area is 179 Å². The van der Waals surface area contributed by atoms with E-state index in [2.05, 4.69) is 23.6 Å². The summed E-state index contributed by atoms with van der Waals surface area (Å²) in [7, 11) is 1.88. The molecular formula is C25H46N2O2. The largest absolute Gasteiger partial charge is 0.381 e. The molecule has 2 heterocycles. The standard InChI is InChI=1S/C25H46N2O2/c1-4-19-8-11-26(12-9-19)22-16-25(17-22)29-18-23-14-20(5-2)10-13-27(23)21-6-7-24(15-21)28-3/h19-25H,4-18H2,1-3H3. The average Bonchev–Trinajstić information content (AvgIpc) is 3.22. The van der Waals surface area contributed by atoms with Crippen molar-refractivity contribution in [3.63, 3.8) is 0 Å². The number of piperidine rings is 2. The number of likely N-dealkylation sites (tertiary alicyclic amines) is 2. The Morgan fingerprint density at radius 2 is 1.41 bits per heavy atom. The Balaban J connectivity index is 1.22. The van der Waals surface area contributed by atoms with Crippen molar-refractivity contribution in [3.8, 4) is 0 Å². The van der Waals surface area contributed by atoms with Crippen LogP contribution in [0.5, 0.6) is 0 Å². The Kier molecular flexibility index (Phi) is 7.93. The van der Waals surface area contributed by atoms with Crippen LogP contribution < -0.4 is 0 Å². The molecule has 4 fully saturated rings. The highest BCUT2D eigenvalue weighted by molar-refractivity contribution is 4.93. The second-order valence-corrected chi connectivity index (χ2v) is 10.5. The van der Waals surface area contributed by atoms with Gasteiger partial charge < -0.3 is 14.4 Å². The van der Waals surface area contributed by atoms with Gasteiger partial charge in [-0.05, 0) is 89.3 Å². The fraction of sp³-hybridized carbons (Fsp3) is 1.00. The molecule has 2 saturated carbocycles. The van der Waals surface area contributed by atoms with Crippen molar-refractivity contribution in [1.29, 1.82) is 0 Å². The van der Waals surface area contributed by atoms with E-state index in [4.69, 9.17) is 9.47 Å². The molecule has 168 valence electrons. The lowest BCUT2D eigenvalue weighted by Crippen LogP contribution is -2.53. The predicted octanol–water partition coefficient (Wildman–Crippen LogP) is 4.71. The molecule has 0 spiro atoms. The molecule has 0 N–H and O–H groups in total. The number of nitrogens with zero attached hydrogens (tertiary/aromatic N) is 2. The topological polar surface area (TPSA) is 24.9 Å². The summed E-state index contributed by atoms with van der Waals surface area (Å²) in [5.74, 6) is 1.88. The molecule has 4 aliphatic rings. The van der Waals surface area contributed by atoms with E-state index >= 15 is 0 Å². The van der Waals surface area contributed by atoms with Gasteiger partial charge in [0, 0.05) is 25.2 Å². The first kappa shape index (κ1) is 22.0. The molecule has 4 atom stereocenters. The van der Waals surface area contributed by atoms with E-state index in [0.717, 1.165) is 30.5 Å². The number of ether oxygens (including phenoxy) is 2. The van der Waals surface area contributed by atoms with Gasteiger partial charge in [0.05, 0.1) is 18.8 Å². The first-order valence-electron chi connectivity index (χ1n) is 12.8. The number of rotatable bonds is 8. The predicted molar refractivity (Wildman–Crippen MR) is 119 cm³/mol. The molecule has 2 saturated heterocycles. The summed E-state index contributed by atoms with van der Waals surface area (Å²) in [4.78, 5) is 5.58. The minimum absolute atomic E-state index is 0.481. The van der Waals surface area contributed by atoms with Crippen LogP contribution in [0.4, 0.5) is 0 Å². The van der Waals surface area contributed by atoms with Gasteiger partial charge in [-0.25, -0.2) is 0 Å². The van der Waals surface area contributed by atoms with Gasteiger partial charge >= 0.3 is 0 Å². The maximum atomic E-state index is 6.52. The molecular weight excluding hydrogens is 360 g/mol. The van der Waals surface area contributed by atoms with Crippen LogP contribution >= 0.6 is 0 Å². The fourth-order valence-electron chi connectivity index (χ4n) is 6.55. The summed E-state index contributed by atoms with van der Waals surface area (Å²) in [6.07, 6.45) is 15.6. The lowest BCUT2D eigenvalue weighted by molar-refractivity contribution is -0.0859. The van der Waals surface area contributed by atoms with Gasteiger partial charge in [0.25, 0.3) is 0 Å². The minimum Gasteiger partial charge on any atom is -0.381 e. The lowest BCUT2D eigenvalue weighted by atomic mass is 9.84. The summed E-state index contributed by atoms with van der Waals surface area (Å²) in [5.41, 5.74) is 0. The Bertz CT molecular complexity index is 487. The highest BCUT2D eigenvalue weighted by Gasteiger charge is 2.39. The third-order valence-electron chi connectivity index (χ3n) is 8.94. The van der Waals surface area contributed by atoms with Gasteiger partial charge in [0.15, 0.2) is 0 Å². The molecule has 4 unspecified atom stereocenters. The van der Waals surface area contributed by atoms with Crippen molar-refractivity contribution >= 4 is 0 Å². The molecule has 29 heavy (non-hydrogen) atoms. The van der Waals surface area contributed by atoms with E-state index in [-0.39, 0.29) is 0 Å². The van der Waals surface area contributed by atoms with Gasteiger partial charge in [-0.2, -0.15) is 0 Å². The SMILES string of the molecule is CCC1CCN(C2CC(OCC3CC(CC)CCN3C3CCC(OC)C3)C2)CC1. The van der Waals surface area contributed by atoms with Crippen LogP contribution in [0.1, 0.15) is 84.5 Å². The van der Waals surface area contributed by atoms with Crippen molar-refractivity contribution in [2.24, 2.45) is 11.8 Å². The molecule has 4 nitrogen and oxygen atoms in total. The number of methoxy groups -OCH3 is 1. The molecule has 0 aromatic heterocycles. The zero-order chi connectivity index (χ0) is 20.2. The van der Waals surface area contributed by atoms with Crippen molar-refractivity contribution in [1.82, 2.24) is 9.80 Å². The van der Waals surface area contributed by atoms with Crippen molar-refractivity contribution in [2.45, 2.75) is 115 Å². The van der Waals surface area contributed by atoms with Crippen LogP contribution in [0.2, 0.25) is 0 Å². The second kappa shape index (κ2) is 10.4. The quantitative estimate of drug-likeness (QED) is 0.583. The Hall–Kier alpha value is -0.160. The van der Waals surface area contributed by atoms with Crippen molar-refractivity contribution < 1.29 is 9.47 Å². The molecule has 0 bridgehead atoms. The van der Waals surface area contributed by atoms with Crippen LogP contribution in [-0.4, -0.2) is 73.5 Å². The molecule has 0 aromatic carbocycles. The fourth-order valence-corrected chi connectivity index (χ4v) is 6.55. The van der Waals surface area contributed by atoms with E-state index < -0.39 is 0 Å². The number of hydrogen-bond acceptors (Lipinski definition) is 4. The monoisotopic (exact) mass is 406 g/mol. The van der Waals surface area contributed by atoms with Gasteiger partial charge in [-0.1, -0.05) is 26.7 Å². The highest BCUT2D eigenvalue weighted by atomic mass is 16.5. The van der Waals surface area contributed by atoms with E-state index in [9.17, 15) is 0 Å². The van der Waals surface area contributed by atoms with Gasteiger partial charge in [-0.3, -0.25) is 4.90 Å². The minimum atomic E-state index is 0.481. The van der Waals surface area contributed by atoms with Crippen LogP contribution in [0.15, 0.2) is 0 Å². The molecule has 0 aromatic rings. The normalized spacial score (nSPS) is 40.2. The molecule has 4 rings (SSSR count). The van der Waals surface area contributed by atoms with E-state index in [1.54, 1.807) is 0 Å². The maximum absolute atomic E-state index is 6.52. The Morgan fingerprint density at radius 1 is 0.724 bits per heavy atom. The van der Waals surface area contributed by atoms with E-state index in [1.165, 1.54) is 90.3 Å². The second-order valence-electron chi connectivity index (χ2n) is 10.5. The summed E-state index contributed by atoms with van der Waals surface area (Å²) in [5, 5.41) is 0. The van der Waals surface area contributed by atoms with Gasteiger partial charge in [-0.15, -0.1) is 0 Å². The van der Waals surface area contributed by atoms with Crippen LogP contribution in [0.25, 0.3) is 0 Å². The third-order valence-corrected chi connectivity index (χ3v) is 8.94. The summed E-state index contributed by atoms with van der Waals surface area (Å²) in [6, 6.07) is 2.16. The van der Waals surface area contributed by atoms with Gasteiger partial charge in [0.2, 0.25) is 0 Å². The maximum Gasteiger partial charge on any atom is 0.0625 e. The summed E-state index contributed by atoms with van der Waals surface area (Å²) in [6.45, 7) is 9.60. The van der Waals surface area contributed by atoms with Crippen molar-refractivity contribution in [2.75, 3.05) is 33.4 Å². The average molecular weight is 407 g/mol. The van der Waals surface area contributed by atoms with Crippen molar-refractivity contribution in [3.05, 3.63) is 0 Å². The zero-order valence-corrected chi connectivity index (χ0v) is 19.4. The summed E-state index contributed by atoms with van der Waals surface area (Å²) >= 11 is 0.